The molecule has 0 spiro atoms. The molecule has 0 atom stereocenters. The number of hydrogen-bond donors (Lipinski definition) is 1. The zero-order valence-corrected chi connectivity index (χ0v) is 11.4. The Labute approximate surface area is 105 Å². The molecule has 0 radical (unpaired) electrons. The van der Waals surface area contributed by atoms with Crippen LogP contribution in [0.3, 0.4) is 0 Å². The van der Waals surface area contributed by atoms with Gasteiger partial charge in [-0.3, -0.25) is 0 Å². The lowest BCUT2D eigenvalue weighted by molar-refractivity contribution is 0.231. The lowest BCUT2D eigenvalue weighted by Crippen LogP contribution is -2.43. The van der Waals surface area contributed by atoms with E-state index in [1.54, 1.807) is 6.26 Å². The SMILES string of the molecule is CC(C)(C)NCC1(Cc2ccco2)CCCC1. The molecular formula is C15H25NO. The molecule has 2 nitrogen and oxygen atoms in total. The average molecular weight is 235 g/mol. The Morgan fingerprint density at radius 2 is 2.00 bits per heavy atom. The molecule has 0 aromatic carbocycles. The van der Waals surface area contributed by atoms with Gasteiger partial charge in [0.05, 0.1) is 6.26 Å². The van der Waals surface area contributed by atoms with Gasteiger partial charge in [-0.15, -0.1) is 0 Å². The Morgan fingerprint density at radius 1 is 1.29 bits per heavy atom. The normalized spacial score (nSPS) is 19.7. The zero-order valence-electron chi connectivity index (χ0n) is 11.4. The summed E-state index contributed by atoms with van der Waals surface area (Å²) in [6, 6.07) is 4.10. The third kappa shape index (κ3) is 3.60. The van der Waals surface area contributed by atoms with Crippen LogP contribution in [-0.4, -0.2) is 12.1 Å². The first kappa shape index (κ1) is 12.7. The quantitative estimate of drug-likeness (QED) is 0.859. The fourth-order valence-electron chi connectivity index (χ4n) is 2.78. The summed E-state index contributed by atoms with van der Waals surface area (Å²) in [6.07, 6.45) is 8.27. The first-order valence-electron chi connectivity index (χ1n) is 6.77. The molecule has 0 bridgehead atoms. The lowest BCUT2D eigenvalue weighted by atomic mass is 9.81. The topological polar surface area (TPSA) is 25.2 Å². The maximum atomic E-state index is 5.52. The van der Waals surface area contributed by atoms with E-state index in [1.807, 2.05) is 6.07 Å². The Hall–Kier alpha value is -0.760. The summed E-state index contributed by atoms with van der Waals surface area (Å²) in [5, 5.41) is 3.68. The fourth-order valence-corrected chi connectivity index (χ4v) is 2.78. The molecule has 0 saturated heterocycles. The van der Waals surface area contributed by atoms with E-state index in [-0.39, 0.29) is 5.54 Å². The van der Waals surface area contributed by atoms with Crippen molar-refractivity contribution in [1.29, 1.82) is 0 Å². The maximum Gasteiger partial charge on any atom is 0.104 e. The molecule has 0 aliphatic heterocycles. The van der Waals surface area contributed by atoms with E-state index in [4.69, 9.17) is 4.42 Å². The van der Waals surface area contributed by atoms with Gasteiger partial charge in [-0.05, 0) is 51.2 Å². The zero-order chi connectivity index (χ0) is 12.4. The molecular weight excluding hydrogens is 210 g/mol. The third-order valence-corrected chi connectivity index (χ3v) is 3.79. The van der Waals surface area contributed by atoms with Crippen molar-refractivity contribution in [3.63, 3.8) is 0 Å². The Balaban J connectivity index is 1.99. The third-order valence-electron chi connectivity index (χ3n) is 3.79. The second-order valence-electron chi connectivity index (χ2n) is 6.57. The van der Waals surface area contributed by atoms with Gasteiger partial charge < -0.3 is 9.73 Å². The van der Waals surface area contributed by atoms with Crippen LogP contribution in [0.1, 0.15) is 52.2 Å². The molecule has 1 heterocycles. The lowest BCUT2D eigenvalue weighted by Gasteiger charge is -2.33. The molecule has 1 N–H and O–H groups in total. The second-order valence-corrected chi connectivity index (χ2v) is 6.57. The van der Waals surface area contributed by atoms with Gasteiger partial charge in [0, 0.05) is 18.5 Å². The van der Waals surface area contributed by atoms with Gasteiger partial charge in [-0.1, -0.05) is 12.8 Å². The van der Waals surface area contributed by atoms with Crippen LogP contribution in [0, 0.1) is 5.41 Å². The monoisotopic (exact) mass is 235 g/mol. The predicted molar refractivity (Wildman–Crippen MR) is 71.1 cm³/mol. The highest BCUT2D eigenvalue weighted by Gasteiger charge is 2.35. The van der Waals surface area contributed by atoms with Crippen LogP contribution in [0.2, 0.25) is 0 Å². The van der Waals surface area contributed by atoms with Crippen molar-refractivity contribution in [2.75, 3.05) is 6.54 Å². The van der Waals surface area contributed by atoms with Crippen LogP contribution in [0.25, 0.3) is 0 Å². The van der Waals surface area contributed by atoms with Crippen molar-refractivity contribution < 1.29 is 4.42 Å². The van der Waals surface area contributed by atoms with Crippen LogP contribution in [0.5, 0.6) is 0 Å². The molecule has 1 aromatic heterocycles. The van der Waals surface area contributed by atoms with Crippen LogP contribution in [-0.2, 0) is 6.42 Å². The van der Waals surface area contributed by atoms with Crippen molar-refractivity contribution in [1.82, 2.24) is 5.32 Å². The molecule has 1 aromatic rings. The number of nitrogens with one attached hydrogen (secondary N) is 1. The van der Waals surface area contributed by atoms with Crippen molar-refractivity contribution >= 4 is 0 Å². The summed E-state index contributed by atoms with van der Waals surface area (Å²) in [4.78, 5) is 0. The van der Waals surface area contributed by atoms with Crippen molar-refractivity contribution in [3.05, 3.63) is 24.2 Å². The van der Waals surface area contributed by atoms with E-state index in [0.29, 0.717) is 5.41 Å². The largest absolute Gasteiger partial charge is 0.469 e. The predicted octanol–water partition coefficient (Wildman–Crippen LogP) is 3.77. The molecule has 1 aliphatic rings. The molecule has 1 saturated carbocycles. The van der Waals surface area contributed by atoms with E-state index in [9.17, 15) is 0 Å². The highest BCUT2D eigenvalue weighted by Crippen LogP contribution is 2.40. The first-order valence-corrected chi connectivity index (χ1v) is 6.77. The number of hydrogen-bond acceptors (Lipinski definition) is 2. The van der Waals surface area contributed by atoms with Gasteiger partial charge in [0.25, 0.3) is 0 Å². The van der Waals surface area contributed by atoms with E-state index in [0.717, 1.165) is 18.7 Å². The summed E-state index contributed by atoms with van der Waals surface area (Å²) < 4.78 is 5.52. The summed E-state index contributed by atoms with van der Waals surface area (Å²) in [6.45, 7) is 7.82. The van der Waals surface area contributed by atoms with E-state index in [1.165, 1.54) is 25.7 Å². The smallest absolute Gasteiger partial charge is 0.104 e. The van der Waals surface area contributed by atoms with Crippen molar-refractivity contribution in [2.24, 2.45) is 5.41 Å². The highest BCUT2D eigenvalue weighted by molar-refractivity contribution is 5.04. The molecule has 2 heteroatoms. The first-order chi connectivity index (χ1) is 7.99. The van der Waals surface area contributed by atoms with Crippen molar-refractivity contribution in [2.45, 2.75) is 58.4 Å². The van der Waals surface area contributed by atoms with Gasteiger partial charge in [-0.2, -0.15) is 0 Å². The van der Waals surface area contributed by atoms with Crippen LogP contribution in [0.4, 0.5) is 0 Å². The van der Waals surface area contributed by atoms with E-state index >= 15 is 0 Å². The minimum Gasteiger partial charge on any atom is -0.469 e. The molecule has 0 unspecified atom stereocenters. The molecule has 1 aliphatic carbocycles. The van der Waals surface area contributed by atoms with Gasteiger partial charge in [0.1, 0.15) is 5.76 Å². The summed E-state index contributed by atoms with van der Waals surface area (Å²) in [5.41, 5.74) is 0.629. The Bertz CT molecular complexity index is 328. The van der Waals surface area contributed by atoms with Crippen LogP contribution in [0.15, 0.2) is 22.8 Å². The fraction of sp³-hybridized carbons (Fsp3) is 0.733. The van der Waals surface area contributed by atoms with Crippen LogP contribution < -0.4 is 5.32 Å². The van der Waals surface area contributed by atoms with E-state index in [2.05, 4.69) is 32.2 Å². The molecule has 2 rings (SSSR count). The summed E-state index contributed by atoms with van der Waals surface area (Å²) in [7, 11) is 0. The molecule has 0 amide bonds. The minimum atomic E-state index is 0.207. The van der Waals surface area contributed by atoms with Crippen LogP contribution >= 0.6 is 0 Å². The average Bonchev–Trinajstić information content (AvgIpc) is 2.87. The second kappa shape index (κ2) is 4.85. The molecule has 1 fully saturated rings. The number of rotatable bonds is 4. The summed E-state index contributed by atoms with van der Waals surface area (Å²) >= 11 is 0. The standard InChI is InChI=1S/C15H25NO/c1-14(2,3)16-12-15(8-4-5-9-15)11-13-7-6-10-17-13/h6-7,10,16H,4-5,8-9,11-12H2,1-3H3. The molecule has 17 heavy (non-hydrogen) atoms. The van der Waals surface area contributed by atoms with Crippen molar-refractivity contribution in [3.8, 4) is 0 Å². The van der Waals surface area contributed by atoms with Gasteiger partial charge in [0.15, 0.2) is 0 Å². The maximum absolute atomic E-state index is 5.52. The molecule has 96 valence electrons. The van der Waals surface area contributed by atoms with Gasteiger partial charge >= 0.3 is 0 Å². The van der Waals surface area contributed by atoms with Gasteiger partial charge in [-0.25, -0.2) is 0 Å². The number of furan rings is 1. The minimum absolute atomic E-state index is 0.207. The Morgan fingerprint density at radius 3 is 2.53 bits per heavy atom. The van der Waals surface area contributed by atoms with E-state index < -0.39 is 0 Å². The van der Waals surface area contributed by atoms with Gasteiger partial charge in [0.2, 0.25) is 0 Å². The summed E-state index contributed by atoms with van der Waals surface area (Å²) in [5.74, 6) is 1.14. The highest BCUT2D eigenvalue weighted by atomic mass is 16.3. The Kier molecular flexibility index (Phi) is 3.62.